The third kappa shape index (κ3) is 4.71. The number of nitrogen functional groups attached to an aromatic ring is 1. The zero-order chi connectivity index (χ0) is 20.8. The molecule has 1 atom stereocenters. The van der Waals surface area contributed by atoms with E-state index >= 15 is 0 Å². The number of carbonyl (C=O) groups is 1. The number of carbonyl (C=O) groups excluding carboxylic acids is 1. The number of nitrogens with two attached hydrogens (primary N) is 1. The highest BCUT2D eigenvalue weighted by Gasteiger charge is 2.26. The van der Waals surface area contributed by atoms with Crippen LogP contribution < -0.4 is 10.5 Å². The predicted octanol–water partition coefficient (Wildman–Crippen LogP) is 4.74. The molecule has 1 heterocycles. The van der Waals surface area contributed by atoms with Crippen molar-refractivity contribution < 1.29 is 14.3 Å². The maximum Gasteiger partial charge on any atom is 0.342 e. The second kappa shape index (κ2) is 9.19. The SMILES string of the molecule is CCOC(=O)c1c(C)nc(N)nc1C(CC)Oc1ccc(-c2ccccc2)cc1. The fraction of sp³-hybridized carbons (Fsp3) is 0.261. The van der Waals surface area contributed by atoms with Crippen LogP contribution in [0.15, 0.2) is 54.6 Å². The molecule has 3 aromatic rings. The van der Waals surface area contributed by atoms with Crippen LogP contribution >= 0.6 is 0 Å². The minimum atomic E-state index is -0.471. The molecule has 1 aromatic heterocycles. The van der Waals surface area contributed by atoms with Gasteiger partial charge >= 0.3 is 5.97 Å². The maximum absolute atomic E-state index is 12.5. The molecule has 0 amide bonds. The van der Waals surface area contributed by atoms with Crippen LogP contribution in [-0.2, 0) is 4.74 Å². The lowest BCUT2D eigenvalue weighted by Gasteiger charge is -2.20. The summed E-state index contributed by atoms with van der Waals surface area (Å²) in [6.07, 6.45) is 0.143. The smallest absolute Gasteiger partial charge is 0.342 e. The van der Waals surface area contributed by atoms with Gasteiger partial charge in [0.15, 0.2) is 0 Å². The normalized spacial score (nSPS) is 11.7. The molecule has 0 aliphatic carbocycles. The molecule has 0 aliphatic heterocycles. The van der Waals surface area contributed by atoms with E-state index in [1.54, 1.807) is 13.8 Å². The summed E-state index contributed by atoms with van der Waals surface area (Å²) in [4.78, 5) is 20.9. The molecule has 0 spiro atoms. The zero-order valence-corrected chi connectivity index (χ0v) is 16.9. The van der Waals surface area contributed by atoms with Crippen LogP contribution in [-0.4, -0.2) is 22.5 Å². The van der Waals surface area contributed by atoms with Crippen molar-refractivity contribution in [1.82, 2.24) is 9.97 Å². The molecule has 6 heteroatoms. The molecular weight excluding hydrogens is 366 g/mol. The molecule has 0 fully saturated rings. The third-order valence-corrected chi connectivity index (χ3v) is 4.53. The van der Waals surface area contributed by atoms with Gasteiger partial charge in [-0.3, -0.25) is 0 Å². The van der Waals surface area contributed by atoms with Gasteiger partial charge in [0.1, 0.15) is 23.1 Å². The van der Waals surface area contributed by atoms with Crippen LogP contribution in [0.25, 0.3) is 11.1 Å². The second-order valence-electron chi connectivity index (χ2n) is 6.55. The number of aromatic nitrogens is 2. The van der Waals surface area contributed by atoms with Crippen molar-refractivity contribution in [3.05, 3.63) is 71.5 Å². The first-order valence-corrected chi connectivity index (χ1v) is 9.66. The minimum absolute atomic E-state index is 0.104. The van der Waals surface area contributed by atoms with E-state index in [1.165, 1.54) is 0 Å². The van der Waals surface area contributed by atoms with Crippen molar-refractivity contribution in [1.29, 1.82) is 0 Å². The number of hydrogen-bond donors (Lipinski definition) is 1. The maximum atomic E-state index is 12.5. The summed E-state index contributed by atoms with van der Waals surface area (Å²) in [6.45, 7) is 5.70. The number of anilines is 1. The molecule has 3 rings (SSSR count). The van der Waals surface area contributed by atoms with Gasteiger partial charge in [-0.1, -0.05) is 49.4 Å². The van der Waals surface area contributed by atoms with Gasteiger partial charge in [-0.15, -0.1) is 0 Å². The summed E-state index contributed by atoms with van der Waals surface area (Å²) < 4.78 is 11.3. The van der Waals surface area contributed by atoms with Gasteiger partial charge in [0, 0.05) is 0 Å². The van der Waals surface area contributed by atoms with E-state index in [0.29, 0.717) is 29.1 Å². The van der Waals surface area contributed by atoms with Crippen LogP contribution in [0.3, 0.4) is 0 Å². The molecule has 0 aliphatic rings. The van der Waals surface area contributed by atoms with E-state index in [4.69, 9.17) is 15.2 Å². The van der Waals surface area contributed by atoms with E-state index in [2.05, 4.69) is 22.1 Å². The van der Waals surface area contributed by atoms with Crippen LogP contribution in [0.5, 0.6) is 5.75 Å². The molecule has 29 heavy (non-hydrogen) atoms. The highest BCUT2D eigenvalue weighted by molar-refractivity contribution is 5.92. The van der Waals surface area contributed by atoms with Crippen molar-refractivity contribution in [2.45, 2.75) is 33.3 Å². The average Bonchev–Trinajstić information content (AvgIpc) is 2.72. The Bertz CT molecular complexity index is 973. The second-order valence-corrected chi connectivity index (χ2v) is 6.55. The van der Waals surface area contributed by atoms with E-state index in [-0.39, 0.29) is 12.6 Å². The van der Waals surface area contributed by atoms with Crippen molar-refractivity contribution in [3.63, 3.8) is 0 Å². The predicted molar refractivity (Wildman–Crippen MR) is 113 cm³/mol. The highest BCUT2D eigenvalue weighted by Crippen LogP contribution is 2.29. The number of benzene rings is 2. The Hall–Kier alpha value is -3.41. The highest BCUT2D eigenvalue weighted by atomic mass is 16.5. The van der Waals surface area contributed by atoms with Gasteiger partial charge in [0.05, 0.1) is 12.3 Å². The third-order valence-electron chi connectivity index (χ3n) is 4.53. The Morgan fingerprint density at radius 1 is 1.00 bits per heavy atom. The fourth-order valence-electron chi connectivity index (χ4n) is 3.16. The van der Waals surface area contributed by atoms with Crippen LogP contribution in [0, 0.1) is 6.92 Å². The first kappa shape index (κ1) is 20.3. The summed E-state index contributed by atoms with van der Waals surface area (Å²) in [7, 11) is 0. The van der Waals surface area contributed by atoms with Crippen LogP contribution in [0.4, 0.5) is 5.95 Å². The number of aryl methyl sites for hydroxylation is 1. The largest absolute Gasteiger partial charge is 0.484 e. The van der Waals surface area contributed by atoms with E-state index in [1.807, 2.05) is 49.4 Å². The molecule has 0 saturated carbocycles. The molecule has 0 saturated heterocycles. The number of ether oxygens (including phenoxy) is 2. The van der Waals surface area contributed by atoms with Gasteiger partial charge in [0.25, 0.3) is 0 Å². The van der Waals surface area contributed by atoms with E-state index in [0.717, 1.165) is 11.1 Å². The van der Waals surface area contributed by atoms with Crippen molar-refractivity contribution >= 4 is 11.9 Å². The summed E-state index contributed by atoms with van der Waals surface area (Å²) >= 11 is 0. The zero-order valence-electron chi connectivity index (χ0n) is 16.9. The number of hydrogen-bond acceptors (Lipinski definition) is 6. The Labute approximate surface area is 170 Å². The molecule has 150 valence electrons. The lowest BCUT2D eigenvalue weighted by molar-refractivity contribution is 0.0517. The molecule has 2 N–H and O–H groups in total. The Balaban J connectivity index is 1.89. The summed E-state index contributed by atoms with van der Waals surface area (Å²) in [6, 6.07) is 17.9. The molecule has 1 unspecified atom stereocenters. The number of nitrogens with zero attached hydrogens (tertiary/aromatic N) is 2. The van der Waals surface area contributed by atoms with Gasteiger partial charge in [-0.05, 0) is 43.5 Å². The van der Waals surface area contributed by atoms with Gasteiger partial charge in [0.2, 0.25) is 5.95 Å². The monoisotopic (exact) mass is 391 g/mol. The minimum Gasteiger partial charge on any atom is -0.484 e. The van der Waals surface area contributed by atoms with E-state index in [9.17, 15) is 4.79 Å². The van der Waals surface area contributed by atoms with Crippen molar-refractivity contribution in [2.24, 2.45) is 0 Å². The standard InChI is InChI=1S/C23H25N3O3/c1-4-19(21-20(22(27)28-5-2)15(3)25-23(24)26-21)29-18-13-11-17(12-14-18)16-9-7-6-8-10-16/h6-14,19H,4-5H2,1-3H3,(H2,24,25,26). The fourth-order valence-corrected chi connectivity index (χ4v) is 3.16. The first-order valence-electron chi connectivity index (χ1n) is 9.66. The molecule has 2 aromatic carbocycles. The van der Waals surface area contributed by atoms with Crippen molar-refractivity contribution in [3.8, 4) is 16.9 Å². The average molecular weight is 391 g/mol. The first-order chi connectivity index (χ1) is 14.0. The Morgan fingerprint density at radius 3 is 2.28 bits per heavy atom. The molecule has 6 nitrogen and oxygen atoms in total. The lowest BCUT2D eigenvalue weighted by atomic mass is 10.0. The Morgan fingerprint density at radius 2 is 1.66 bits per heavy atom. The Kier molecular flexibility index (Phi) is 6.44. The van der Waals surface area contributed by atoms with Gasteiger partial charge < -0.3 is 15.2 Å². The lowest BCUT2D eigenvalue weighted by Crippen LogP contribution is -2.20. The molecule has 0 bridgehead atoms. The summed E-state index contributed by atoms with van der Waals surface area (Å²) in [5.74, 6) is 0.315. The van der Waals surface area contributed by atoms with Gasteiger partial charge in [-0.25, -0.2) is 14.8 Å². The van der Waals surface area contributed by atoms with E-state index < -0.39 is 12.1 Å². The number of esters is 1. The van der Waals surface area contributed by atoms with Gasteiger partial charge in [-0.2, -0.15) is 0 Å². The van der Waals surface area contributed by atoms with Crippen LogP contribution in [0.2, 0.25) is 0 Å². The van der Waals surface area contributed by atoms with Crippen molar-refractivity contribution in [2.75, 3.05) is 12.3 Å². The topological polar surface area (TPSA) is 87.3 Å². The molecular formula is C23H25N3O3. The quantitative estimate of drug-likeness (QED) is 0.585. The molecule has 0 radical (unpaired) electrons. The summed E-state index contributed by atoms with van der Waals surface area (Å²) in [5.41, 5.74) is 9.31. The number of rotatable bonds is 7. The summed E-state index contributed by atoms with van der Waals surface area (Å²) in [5, 5.41) is 0. The van der Waals surface area contributed by atoms with Crippen LogP contribution in [0.1, 0.15) is 48.1 Å².